The highest BCUT2D eigenvalue weighted by Gasteiger charge is 2.25. The fourth-order valence-corrected chi connectivity index (χ4v) is 2.92. The number of nitrogens with zero attached hydrogens (tertiary/aromatic N) is 1. The molecule has 6 heteroatoms. The Morgan fingerprint density at radius 2 is 1.79 bits per heavy atom. The number of rotatable bonds is 5. The SMILES string of the molecule is CC(C)(NC(=O)OCc1ccccc1)c1cc(Cl)nc(-c2ccc(F)cc2)c1. The molecule has 4 nitrogen and oxygen atoms in total. The number of pyridine rings is 1. The number of amides is 1. The van der Waals surface area contributed by atoms with Crippen LogP contribution in [0.15, 0.2) is 66.7 Å². The van der Waals surface area contributed by atoms with Crippen molar-refractivity contribution in [2.24, 2.45) is 0 Å². The van der Waals surface area contributed by atoms with Gasteiger partial charge in [0.15, 0.2) is 0 Å². The first-order valence-electron chi connectivity index (χ1n) is 8.76. The van der Waals surface area contributed by atoms with Crippen molar-refractivity contribution in [2.45, 2.75) is 26.0 Å². The van der Waals surface area contributed by atoms with Crippen LogP contribution < -0.4 is 5.32 Å². The van der Waals surface area contributed by atoms with Gasteiger partial charge in [0.05, 0.1) is 11.2 Å². The van der Waals surface area contributed by atoms with E-state index >= 15 is 0 Å². The Balaban J connectivity index is 1.75. The number of halogens is 2. The van der Waals surface area contributed by atoms with Gasteiger partial charge in [0.1, 0.15) is 17.6 Å². The number of benzene rings is 2. The Kier molecular flexibility index (Phi) is 5.95. The summed E-state index contributed by atoms with van der Waals surface area (Å²) in [5, 5.41) is 3.13. The smallest absolute Gasteiger partial charge is 0.408 e. The zero-order chi connectivity index (χ0) is 20.1. The Morgan fingerprint density at radius 1 is 1.11 bits per heavy atom. The maximum atomic E-state index is 13.2. The molecule has 1 aromatic heterocycles. The summed E-state index contributed by atoms with van der Waals surface area (Å²) in [5.41, 5.74) is 2.22. The number of nitrogens with one attached hydrogen (secondary N) is 1. The van der Waals surface area contributed by atoms with Crippen molar-refractivity contribution < 1.29 is 13.9 Å². The molecule has 0 radical (unpaired) electrons. The lowest BCUT2D eigenvalue weighted by molar-refractivity contribution is 0.129. The van der Waals surface area contributed by atoms with Crippen LogP contribution in [0.4, 0.5) is 9.18 Å². The standard InChI is InChI=1S/C22H20ClFN2O2/c1-22(2,26-21(27)28-14-15-6-4-3-5-7-15)17-12-19(25-20(23)13-17)16-8-10-18(24)11-9-16/h3-13H,14H2,1-2H3,(H,26,27). The summed E-state index contributed by atoms with van der Waals surface area (Å²) in [7, 11) is 0. The summed E-state index contributed by atoms with van der Waals surface area (Å²) < 4.78 is 18.5. The van der Waals surface area contributed by atoms with Crippen LogP contribution in [-0.4, -0.2) is 11.1 Å². The Labute approximate surface area is 168 Å². The zero-order valence-electron chi connectivity index (χ0n) is 15.6. The van der Waals surface area contributed by atoms with Crippen LogP contribution in [0, 0.1) is 5.82 Å². The Morgan fingerprint density at radius 3 is 2.46 bits per heavy atom. The predicted molar refractivity (Wildman–Crippen MR) is 107 cm³/mol. The molecule has 0 saturated carbocycles. The third-order valence-corrected chi connectivity index (χ3v) is 4.48. The normalized spacial score (nSPS) is 11.1. The second-order valence-electron chi connectivity index (χ2n) is 6.88. The predicted octanol–water partition coefficient (Wildman–Crippen LogP) is 5.70. The van der Waals surface area contributed by atoms with Crippen LogP contribution in [0.2, 0.25) is 5.15 Å². The van der Waals surface area contributed by atoms with Crippen LogP contribution in [0.25, 0.3) is 11.3 Å². The van der Waals surface area contributed by atoms with Crippen molar-refractivity contribution in [1.29, 1.82) is 0 Å². The Bertz CT molecular complexity index is 960. The molecular weight excluding hydrogens is 379 g/mol. The number of alkyl carbamates (subject to hydrolysis) is 1. The maximum Gasteiger partial charge on any atom is 0.408 e. The van der Waals surface area contributed by atoms with E-state index < -0.39 is 11.6 Å². The van der Waals surface area contributed by atoms with E-state index in [0.29, 0.717) is 5.69 Å². The van der Waals surface area contributed by atoms with Gasteiger partial charge >= 0.3 is 6.09 Å². The van der Waals surface area contributed by atoms with Gasteiger partial charge in [-0.25, -0.2) is 14.2 Å². The van der Waals surface area contributed by atoms with Crippen molar-refractivity contribution in [1.82, 2.24) is 10.3 Å². The third-order valence-electron chi connectivity index (χ3n) is 4.28. The van der Waals surface area contributed by atoms with Gasteiger partial charge in [0.2, 0.25) is 0 Å². The first-order valence-corrected chi connectivity index (χ1v) is 9.14. The van der Waals surface area contributed by atoms with Gasteiger partial charge in [-0.05, 0) is 61.4 Å². The molecule has 0 aliphatic carbocycles. The summed E-state index contributed by atoms with van der Waals surface area (Å²) in [6.45, 7) is 3.87. The minimum atomic E-state index is -0.755. The molecule has 0 spiro atoms. The summed E-state index contributed by atoms with van der Waals surface area (Å²) >= 11 is 6.19. The summed E-state index contributed by atoms with van der Waals surface area (Å²) in [6, 6.07) is 18.9. The van der Waals surface area contributed by atoms with E-state index in [1.54, 1.807) is 18.2 Å². The van der Waals surface area contributed by atoms with Gasteiger partial charge in [0, 0.05) is 5.56 Å². The number of aromatic nitrogens is 1. The molecular formula is C22H20ClFN2O2. The zero-order valence-corrected chi connectivity index (χ0v) is 16.3. The summed E-state index contributed by atoms with van der Waals surface area (Å²) in [5.74, 6) is -0.325. The van der Waals surface area contributed by atoms with Gasteiger partial charge < -0.3 is 10.1 Å². The highest BCUT2D eigenvalue weighted by molar-refractivity contribution is 6.29. The van der Waals surface area contributed by atoms with Gasteiger partial charge in [-0.1, -0.05) is 41.9 Å². The van der Waals surface area contributed by atoms with Crippen molar-refractivity contribution in [3.63, 3.8) is 0 Å². The van der Waals surface area contributed by atoms with Crippen LogP contribution >= 0.6 is 11.6 Å². The maximum absolute atomic E-state index is 13.2. The highest BCUT2D eigenvalue weighted by atomic mass is 35.5. The van der Waals surface area contributed by atoms with Crippen molar-refractivity contribution in [3.05, 3.63) is 88.8 Å². The molecule has 0 atom stereocenters. The molecule has 28 heavy (non-hydrogen) atoms. The molecule has 0 aliphatic heterocycles. The molecule has 0 fully saturated rings. The molecule has 3 aromatic rings. The lowest BCUT2D eigenvalue weighted by Gasteiger charge is -2.27. The monoisotopic (exact) mass is 398 g/mol. The van der Waals surface area contributed by atoms with Crippen molar-refractivity contribution >= 4 is 17.7 Å². The summed E-state index contributed by atoms with van der Waals surface area (Å²) in [4.78, 5) is 16.6. The molecule has 3 rings (SSSR count). The average Bonchev–Trinajstić information content (AvgIpc) is 2.67. The number of hydrogen-bond donors (Lipinski definition) is 1. The minimum Gasteiger partial charge on any atom is -0.445 e. The lowest BCUT2D eigenvalue weighted by Crippen LogP contribution is -2.41. The summed E-state index contributed by atoms with van der Waals surface area (Å²) in [6.07, 6.45) is -0.537. The van der Waals surface area contributed by atoms with Crippen LogP contribution in [0.3, 0.4) is 0 Å². The van der Waals surface area contributed by atoms with Crippen LogP contribution in [0.5, 0.6) is 0 Å². The van der Waals surface area contributed by atoms with Gasteiger partial charge in [-0.15, -0.1) is 0 Å². The molecule has 0 saturated heterocycles. The van der Waals surface area contributed by atoms with E-state index in [-0.39, 0.29) is 17.6 Å². The molecule has 2 aromatic carbocycles. The van der Waals surface area contributed by atoms with Crippen molar-refractivity contribution in [3.8, 4) is 11.3 Å². The van der Waals surface area contributed by atoms with E-state index in [1.807, 2.05) is 50.2 Å². The van der Waals surface area contributed by atoms with E-state index in [9.17, 15) is 9.18 Å². The fourth-order valence-electron chi connectivity index (χ4n) is 2.71. The molecule has 144 valence electrons. The molecule has 1 heterocycles. The molecule has 0 aliphatic rings. The first kappa shape index (κ1) is 19.8. The second-order valence-corrected chi connectivity index (χ2v) is 7.27. The Hall–Kier alpha value is -2.92. The molecule has 0 unspecified atom stereocenters. The van der Waals surface area contributed by atoms with Crippen LogP contribution in [0.1, 0.15) is 25.0 Å². The van der Waals surface area contributed by atoms with E-state index in [4.69, 9.17) is 16.3 Å². The van der Waals surface area contributed by atoms with E-state index in [1.165, 1.54) is 12.1 Å². The number of ether oxygens (including phenoxy) is 1. The van der Waals surface area contributed by atoms with Gasteiger partial charge in [-0.2, -0.15) is 0 Å². The van der Waals surface area contributed by atoms with Gasteiger partial charge in [0.25, 0.3) is 0 Å². The van der Waals surface area contributed by atoms with E-state index in [0.717, 1.165) is 16.7 Å². The molecule has 0 bridgehead atoms. The quantitative estimate of drug-likeness (QED) is 0.560. The average molecular weight is 399 g/mol. The number of carbonyl (C=O) groups excluding carboxylic acids is 1. The highest BCUT2D eigenvalue weighted by Crippen LogP contribution is 2.28. The number of carbonyl (C=O) groups is 1. The van der Waals surface area contributed by atoms with E-state index in [2.05, 4.69) is 10.3 Å². The largest absolute Gasteiger partial charge is 0.445 e. The number of hydrogen-bond acceptors (Lipinski definition) is 3. The molecule has 1 amide bonds. The van der Waals surface area contributed by atoms with Gasteiger partial charge in [-0.3, -0.25) is 0 Å². The van der Waals surface area contributed by atoms with Crippen molar-refractivity contribution in [2.75, 3.05) is 0 Å². The third kappa shape index (κ3) is 5.08. The lowest BCUT2D eigenvalue weighted by atomic mass is 9.94. The first-order chi connectivity index (χ1) is 13.3. The fraction of sp³-hybridized carbons (Fsp3) is 0.182. The molecule has 1 N–H and O–H groups in total. The topological polar surface area (TPSA) is 51.2 Å². The van der Waals surface area contributed by atoms with Crippen LogP contribution in [-0.2, 0) is 16.9 Å². The second kappa shape index (κ2) is 8.40. The minimum absolute atomic E-state index is 0.181.